The molecule has 0 unspecified atom stereocenters. The van der Waals surface area contributed by atoms with Gasteiger partial charge in [-0.25, -0.2) is 4.98 Å². The van der Waals surface area contributed by atoms with Crippen LogP contribution in [0.4, 0.5) is 22.7 Å². The number of nitro benzene ring substituents is 2. The second-order valence-corrected chi connectivity index (χ2v) is 11.9. The van der Waals surface area contributed by atoms with Crippen molar-refractivity contribution >= 4 is 34.2 Å². The van der Waals surface area contributed by atoms with Gasteiger partial charge in [-0.05, 0) is 71.9 Å². The number of hydrogen-bond acceptors (Lipinski definition) is 7. The Labute approximate surface area is 248 Å². The topological polar surface area (TPSA) is 124 Å². The van der Waals surface area contributed by atoms with Crippen LogP contribution in [0.1, 0.15) is 127 Å². The molecule has 9 heteroatoms. The summed E-state index contributed by atoms with van der Waals surface area (Å²) in [7, 11) is 0. The maximum Gasteiger partial charge on any atom is 0.270 e. The maximum atomic E-state index is 11.6. The van der Waals surface area contributed by atoms with Crippen LogP contribution in [0.25, 0.3) is 0 Å². The molecule has 0 radical (unpaired) electrons. The van der Waals surface area contributed by atoms with Crippen molar-refractivity contribution in [2.24, 2.45) is 9.98 Å². The van der Waals surface area contributed by atoms with Gasteiger partial charge in [-0.15, -0.1) is 0 Å². The fraction of sp³-hybridized carbons (Fsp3) is 0.424. The van der Waals surface area contributed by atoms with Crippen LogP contribution in [0.15, 0.2) is 52.4 Å². The molecule has 1 heterocycles. The smallest absolute Gasteiger partial charge is 0.258 e. The number of nitrogens with zero attached hydrogens (tertiary/aromatic N) is 5. The summed E-state index contributed by atoms with van der Waals surface area (Å²) in [6.07, 6.45) is 0. The van der Waals surface area contributed by atoms with Crippen molar-refractivity contribution in [1.82, 2.24) is 4.98 Å². The third-order valence-electron chi connectivity index (χ3n) is 7.27. The number of benzene rings is 2. The largest absolute Gasteiger partial charge is 0.270 e. The van der Waals surface area contributed by atoms with Gasteiger partial charge >= 0.3 is 0 Å². The van der Waals surface area contributed by atoms with Gasteiger partial charge in [0, 0.05) is 24.3 Å². The van der Waals surface area contributed by atoms with Gasteiger partial charge in [0.25, 0.3) is 11.4 Å². The average Bonchev–Trinajstić information content (AvgIpc) is 2.92. The Hall–Kier alpha value is -4.27. The molecule has 0 spiro atoms. The minimum absolute atomic E-state index is 0.0367. The van der Waals surface area contributed by atoms with Gasteiger partial charge in [0.05, 0.1) is 44.0 Å². The zero-order valence-corrected chi connectivity index (χ0v) is 26.2. The zero-order valence-electron chi connectivity index (χ0n) is 26.2. The molecule has 1 aromatic heterocycles. The van der Waals surface area contributed by atoms with Crippen molar-refractivity contribution in [1.29, 1.82) is 0 Å². The highest BCUT2D eigenvalue weighted by molar-refractivity contribution is 6.02. The Bertz CT molecular complexity index is 1400. The molecule has 0 aliphatic carbocycles. The van der Waals surface area contributed by atoms with Crippen LogP contribution in [-0.4, -0.2) is 26.3 Å². The summed E-state index contributed by atoms with van der Waals surface area (Å²) in [5.74, 6) is 0.147. The minimum Gasteiger partial charge on any atom is -0.258 e. The molecule has 0 aliphatic heterocycles. The van der Waals surface area contributed by atoms with Gasteiger partial charge in [0.15, 0.2) is 0 Å². The first-order valence-electron chi connectivity index (χ1n) is 14.3. The van der Waals surface area contributed by atoms with Gasteiger partial charge in [0.2, 0.25) is 0 Å². The van der Waals surface area contributed by atoms with E-state index in [-0.39, 0.29) is 44.9 Å². The van der Waals surface area contributed by atoms with Crippen molar-refractivity contribution < 1.29 is 9.85 Å². The molecule has 0 N–H and O–H groups in total. The van der Waals surface area contributed by atoms with E-state index < -0.39 is 0 Å². The second-order valence-electron chi connectivity index (χ2n) is 11.9. The molecule has 0 aliphatic rings. The first-order chi connectivity index (χ1) is 19.6. The van der Waals surface area contributed by atoms with E-state index >= 15 is 0 Å². The quantitative estimate of drug-likeness (QED) is 0.136. The summed E-state index contributed by atoms with van der Waals surface area (Å²) in [5.41, 5.74) is 7.61. The molecule has 0 bridgehead atoms. The molecule has 0 atom stereocenters. The number of nitro groups is 2. The van der Waals surface area contributed by atoms with Crippen LogP contribution in [0.5, 0.6) is 0 Å². The standard InChI is InChI=1S/C33H41N5O4/c1-18(2)26-14-24(37(39)40)15-27(19(3)4)32(26)34-22(9)30-12-11-13-31(36-30)23(10)35-33-28(20(5)6)16-25(38(41)42)17-29(33)21(7)8/h11-21H,1-10H3. The van der Waals surface area contributed by atoms with Crippen molar-refractivity contribution in [3.05, 3.63) is 96.3 Å². The normalized spacial score (nSPS) is 12.6. The Balaban J connectivity index is 2.16. The fourth-order valence-electron chi connectivity index (χ4n) is 4.84. The first kappa shape index (κ1) is 32.2. The summed E-state index contributed by atoms with van der Waals surface area (Å²) in [5, 5.41) is 23.2. The van der Waals surface area contributed by atoms with Crippen molar-refractivity contribution in [3.63, 3.8) is 0 Å². The summed E-state index contributed by atoms with van der Waals surface area (Å²) in [4.78, 5) is 37.4. The lowest BCUT2D eigenvalue weighted by Crippen LogP contribution is -2.07. The SMILES string of the molecule is CC(=Nc1c(C(C)C)cc([N+](=O)[O-])cc1C(C)C)c1cccc(C(C)=Nc2c(C(C)C)cc([N+](=O)[O-])cc2C(C)C)n1. The van der Waals surface area contributed by atoms with E-state index in [0.717, 1.165) is 33.6 Å². The van der Waals surface area contributed by atoms with E-state index in [1.807, 2.05) is 87.4 Å². The molecule has 42 heavy (non-hydrogen) atoms. The lowest BCUT2D eigenvalue weighted by Gasteiger charge is -2.18. The van der Waals surface area contributed by atoms with Crippen LogP contribution in [0, 0.1) is 20.2 Å². The van der Waals surface area contributed by atoms with Gasteiger partial charge in [0.1, 0.15) is 0 Å². The van der Waals surface area contributed by atoms with Crippen LogP contribution in [0.3, 0.4) is 0 Å². The van der Waals surface area contributed by atoms with E-state index in [2.05, 4.69) is 0 Å². The molecule has 3 rings (SSSR count). The molecule has 0 saturated carbocycles. The average molecular weight is 572 g/mol. The zero-order chi connectivity index (χ0) is 31.5. The minimum atomic E-state index is -0.356. The Kier molecular flexibility index (Phi) is 10.1. The second kappa shape index (κ2) is 13.1. The number of pyridine rings is 1. The van der Waals surface area contributed by atoms with E-state index in [4.69, 9.17) is 15.0 Å². The monoisotopic (exact) mass is 571 g/mol. The Morgan fingerprint density at radius 2 is 0.905 bits per heavy atom. The van der Waals surface area contributed by atoms with Crippen molar-refractivity contribution in [3.8, 4) is 0 Å². The lowest BCUT2D eigenvalue weighted by atomic mass is 9.92. The molecule has 0 amide bonds. The summed E-state index contributed by atoms with van der Waals surface area (Å²) in [6.45, 7) is 19.8. The highest BCUT2D eigenvalue weighted by Gasteiger charge is 2.22. The lowest BCUT2D eigenvalue weighted by molar-refractivity contribution is -0.385. The van der Waals surface area contributed by atoms with Crippen LogP contribution in [0.2, 0.25) is 0 Å². The summed E-state index contributed by atoms with van der Waals surface area (Å²) < 4.78 is 0. The van der Waals surface area contributed by atoms with Crippen molar-refractivity contribution in [2.45, 2.75) is 92.9 Å². The number of rotatable bonds is 10. The summed E-state index contributed by atoms with van der Waals surface area (Å²) >= 11 is 0. The van der Waals surface area contributed by atoms with E-state index in [9.17, 15) is 20.2 Å². The van der Waals surface area contributed by atoms with Gasteiger partial charge in [-0.2, -0.15) is 0 Å². The van der Waals surface area contributed by atoms with Gasteiger partial charge in [-0.3, -0.25) is 30.2 Å². The highest BCUT2D eigenvalue weighted by atomic mass is 16.6. The third kappa shape index (κ3) is 7.13. The fourth-order valence-corrected chi connectivity index (χ4v) is 4.84. The first-order valence-corrected chi connectivity index (χ1v) is 14.3. The number of aliphatic imine (C=N–C) groups is 2. The van der Waals surface area contributed by atoms with Crippen molar-refractivity contribution in [2.75, 3.05) is 0 Å². The molecule has 9 nitrogen and oxygen atoms in total. The predicted octanol–water partition coefficient (Wildman–Crippen LogP) is 9.67. The van der Waals surface area contributed by atoms with Crippen LogP contribution in [-0.2, 0) is 0 Å². The summed E-state index contributed by atoms with van der Waals surface area (Å²) in [6, 6.07) is 12.1. The highest BCUT2D eigenvalue weighted by Crippen LogP contribution is 2.40. The molecule has 0 fully saturated rings. The molecule has 2 aromatic carbocycles. The van der Waals surface area contributed by atoms with Gasteiger partial charge in [-0.1, -0.05) is 61.5 Å². The Morgan fingerprint density at radius 1 is 0.619 bits per heavy atom. The van der Waals surface area contributed by atoms with E-state index in [1.165, 1.54) is 0 Å². The third-order valence-corrected chi connectivity index (χ3v) is 7.27. The molecule has 222 valence electrons. The molecule has 0 saturated heterocycles. The van der Waals surface area contributed by atoms with Gasteiger partial charge < -0.3 is 0 Å². The number of hydrogen-bond donors (Lipinski definition) is 0. The molecular weight excluding hydrogens is 530 g/mol. The maximum absolute atomic E-state index is 11.6. The Morgan fingerprint density at radius 3 is 1.14 bits per heavy atom. The van der Waals surface area contributed by atoms with Crippen LogP contribution < -0.4 is 0 Å². The van der Waals surface area contributed by atoms with Crippen LogP contribution >= 0.6 is 0 Å². The van der Waals surface area contributed by atoms with E-state index in [1.54, 1.807) is 24.3 Å². The number of non-ortho nitro benzene ring substituents is 2. The van der Waals surface area contributed by atoms with E-state index in [0.29, 0.717) is 22.8 Å². The number of aromatic nitrogens is 1. The molecule has 3 aromatic rings. The molecular formula is C33H41N5O4. The predicted molar refractivity (Wildman–Crippen MR) is 171 cm³/mol.